The van der Waals surface area contributed by atoms with Crippen LogP contribution in [0.2, 0.25) is 0 Å². The van der Waals surface area contributed by atoms with Gasteiger partial charge >= 0.3 is 12.0 Å². The highest BCUT2D eigenvalue weighted by atomic mass is 32.2. The lowest BCUT2D eigenvalue weighted by atomic mass is 10.2. The second kappa shape index (κ2) is 13.0. The quantitative estimate of drug-likeness (QED) is 0.409. The average Bonchev–Trinajstić information content (AvgIpc) is 2.73. The smallest absolute Gasteiger partial charge is 0.321 e. The molecule has 30 heavy (non-hydrogen) atoms. The summed E-state index contributed by atoms with van der Waals surface area (Å²) in [7, 11) is 0. The number of benzene rings is 2. The minimum atomic E-state index is -0.830. The minimum Gasteiger partial charge on any atom is -0.481 e. The highest BCUT2D eigenvalue weighted by Gasteiger charge is 2.15. The van der Waals surface area contributed by atoms with Crippen LogP contribution in [0.3, 0.4) is 0 Å². The van der Waals surface area contributed by atoms with Crippen molar-refractivity contribution in [2.75, 3.05) is 18.0 Å². The van der Waals surface area contributed by atoms with Gasteiger partial charge in [0.15, 0.2) is 0 Å². The molecule has 0 saturated heterocycles. The number of aliphatic carboxylic acids is 1. The molecule has 2 aromatic rings. The first-order valence-electron chi connectivity index (χ1n) is 10.7. The molecule has 0 fully saturated rings. The molecule has 2 N–H and O–H groups in total. The Morgan fingerprint density at radius 2 is 1.70 bits per heavy atom. The Morgan fingerprint density at radius 3 is 2.37 bits per heavy atom. The van der Waals surface area contributed by atoms with Gasteiger partial charge in [-0.2, -0.15) is 0 Å². The van der Waals surface area contributed by atoms with E-state index in [9.17, 15) is 9.59 Å². The number of unbranched alkanes of at least 4 members (excludes halogenated alkanes) is 3. The zero-order chi connectivity index (χ0) is 21.8. The third-order valence-corrected chi connectivity index (χ3v) is 5.68. The SMILES string of the molecule is CCCCCNC(=O)N(CCCC)c1cccc(Sc2ccc(CC(=O)O)cc2)c1. The molecule has 0 aromatic heterocycles. The topological polar surface area (TPSA) is 69.6 Å². The van der Waals surface area contributed by atoms with Gasteiger partial charge in [-0.1, -0.05) is 63.1 Å². The molecule has 0 aliphatic carbocycles. The van der Waals surface area contributed by atoms with Gasteiger partial charge < -0.3 is 10.4 Å². The average molecular weight is 429 g/mol. The van der Waals surface area contributed by atoms with Crippen molar-refractivity contribution in [2.24, 2.45) is 0 Å². The standard InChI is InChI=1S/C24H32N2O3S/c1-3-5-7-15-25-24(29)26(16-6-4-2)20-9-8-10-22(18-20)30-21-13-11-19(12-14-21)17-23(27)28/h8-14,18H,3-7,15-17H2,1-2H3,(H,25,29)(H,27,28). The fourth-order valence-electron chi connectivity index (χ4n) is 3.03. The summed E-state index contributed by atoms with van der Waals surface area (Å²) >= 11 is 1.60. The summed E-state index contributed by atoms with van der Waals surface area (Å²) < 4.78 is 0. The van der Waals surface area contributed by atoms with Crippen LogP contribution in [0.4, 0.5) is 10.5 Å². The third kappa shape index (κ3) is 8.11. The van der Waals surface area contributed by atoms with Crippen LogP contribution >= 0.6 is 11.8 Å². The second-order valence-corrected chi connectivity index (χ2v) is 8.41. The molecule has 0 spiro atoms. The molecule has 2 aromatic carbocycles. The van der Waals surface area contributed by atoms with Crippen molar-refractivity contribution >= 4 is 29.4 Å². The van der Waals surface area contributed by atoms with Crippen LogP contribution < -0.4 is 10.2 Å². The Hall–Kier alpha value is -2.47. The van der Waals surface area contributed by atoms with Gasteiger partial charge in [-0.3, -0.25) is 9.69 Å². The molecule has 6 heteroatoms. The molecular formula is C24H32N2O3S. The van der Waals surface area contributed by atoms with E-state index in [2.05, 4.69) is 19.2 Å². The van der Waals surface area contributed by atoms with Gasteiger partial charge in [0.2, 0.25) is 0 Å². The number of rotatable bonds is 12. The number of carboxylic acids is 1. The van der Waals surface area contributed by atoms with Crippen LogP contribution in [0.25, 0.3) is 0 Å². The maximum absolute atomic E-state index is 12.8. The first kappa shape index (κ1) is 23.8. The maximum atomic E-state index is 12.8. The Kier molecular flexibility index (Phi) is 10.3. The van der Waals surface area contributed by atoms with E-state index < -0.39 is 5.97 Å². The number of urea groups is 1. The van der Waals surface area contributed by atoms with Gasteiger partial charge in [-0.05, 0) is 48.7 Å². The summed E-state index contributed by atoms with van der Waals surface area (Å²) in [5.41, 5.74) is 1.68. The minimum absolute atomic E-state index is 0.0280. The van der Waals surface area contributed by atoms with E-state index in [0.29, 0.717) is 13.1 Å². The third-order valence-electron chi connectivity index (χ3n) is 4.68. The summed E-state index contributed by atoms with van der Waals surface area (Å²) in [5, 5.41) is 11.9. The van der Waals surface area contributed by atoms with Crippen LogP contribution in [0.1, 0.15) is 51.5 Å². The van der Waals surface area contributed by atoms with Crippen molar-refractivity contribution in [3.63, 3.8) is 0 Å². The Balaban J connectivity index is 2.08. The number of carbonyl (C=O) groups excluding carboxylic acids is 1. The van der Waals surface area contributed by atoms with E-state index in [-0.39, 0.29) is 12.5 Å². The molecule has 2 amide bonds. The van der Waals surface area contributed by atoms with Gasteiger partial charge in [0.25, 0.3) is 0 Å². The van der Waals surface area contributed by atoms with Crippen LogP contribution in [0.15, 0.2) is 58.3 Å². The molecule has 0 unspecified atom stereocenters. The number of anilines is 1. The van der Waals surface area contributed by atoms with E-state index in [1.165, 1.54) is 0 Å². The van der Waals surface area contributed by atoms with Crippen LogP contribution in [0, 0.1) is 0 Å². The number of nitrogens with zero attached hydrogens (tertiary/aromatic N) is 1. The first-order valence-corrected chi connectivity index (χ1v) is 11.5. The summed E-state index contributed by atoms with van der Waals surface area (Å²) in [5.74, 6) is -0.830. The summed E-state index contributed by atoms with van der Waals surface area (Å²) in [4.78, 5) is 27.5. The van der Waals surface area contributed by atoms with E-state index in [1.54, 1.807) is 11.8 Å². The number of amides is 2. The highest BCUT2D eigenvalue weighted by molar-refractivity contribution is 7.99. The Morgan fingerprint density at radius 1 is 0.967 bits per heavy atom. The molecule has 0 radical (unpaired) electrons. The number of nitrogens with one attached hydrogen (secondary N) is 1. The zero-order valence-electron chi connectivity index (χ0n) is 17.9. The molecule has 2 rings (SSSR count). The molecule has 0 atom stereocenters. The Bertz CT molecular complexity index is 808. The van der Waals surface area contributed by atoms with Crippen molar-refractivity contribution in [3.8, 4) is 0 Å². The van der Waals surface area contributed by atoms with Crippen LogP contribution in [-0.2, 0) is 11.2 Å². The van der Waals surface area contributed by atoms with Crippen molar-refractivity contribution in [3.05, 3.63) is 54.1 Å². The van der Waals surface area contributed by atoms with Crippen molar-refractivity contribution < 1.29 is 14.7 Å². The van der Waals surface area contributed by atoms with Gasteiger partial charge in [0.05, 0.1) is 6.42 Å². The van der Waals surface area contributed by atoms with Gasteiger partial charge in [-0.25, -0.2) is 4.79 Å². The molecule has 162 valence electrons. The van der Waals surface area contributed by atoms with Gasteiger partial charge in [0.1, 0.15) is 0 Å². The molecule has 0 saturated carbocycles. The summed E-state index contributed by atoms with van der Waals surface area (Å²) in [6, 6.07) is 15.5. The van der Waals surface area contributed by atoms with Crippen molar-refractivity contribution in [1.29, 1.82) is 0 Å². The van der Waals surface area contributed by atoms with E-state index >= 15 is 0 Å². The number of carboxylic acid groups (broad SMARTS) is 1. The molecule has 0 bridgehead atoms. The molecule has 0 aliphatic rings. The lowest BCUT2D eigenvalue weighted by Crippen LogP contribution is -2.41. The largest absolute Gasteiger partial charge is 0.481 e. The molecule has 5 nitrogen and oxygen atoms in total. The number of carbonyl (C=O) groups is 2. The zero-order valence-corrected chi connectivity index (χ0v) is 18.7. The predicted octanol–water partition coefficient (Wildman–Crippen LogP) is 5.97. The van der Waals surface area contributed by atoms with Crippen molar-refractivity contribution in [1.82, 2.24) is 5.32 Å². The van der Waals surface area contributed by atoms with E-state index in [4.69, 9.17) is 5.11 Å². The summed E-state index contributed by atoms with van der Waals surface area (Å²) in [6.45, 7) is 5.66. The lowest BCUT2D eigenvalue weighted by Gasteiger charge is -2.23. The maximum Gasteiger partial charge on any atom is 0.321 e. The first-order chi connectivity index (χ1) is 14.5. The van der Waals surface area contributed by atoms with Gasteiger partial charge in [0, 0.05) is 28.6 Å². The second-order valence-electron chi connectivity index (χ2n) is 7.26. The molecular weight excluding hydrogens is 396 g/mol. The van der Waals surface area contributed by atoms with E-state index in [0.717, 1.165) is 53.1 Å². The highest BCUT2D eigenvalue weighted by Crippen LogP contribution is 2.31. The summed E-state index contributed by atoms with van der Waals surface area (Å²) in [6.07, 6.45) is 5.25. The van der Waals surface area contributed by atoms with Crippen LogP contribution in [-0.4, -0.2) is 30.2 Å². The van der Waals surface area contributed by atoms with Gasteiger partial charge in [-0.15, -0.1) is 0 Å². The lowest BCUT2D eigenvalue weighted by molar-refractivity contribution is -0.136. The predicted molar refractivity (Wildman–Crippen MR) is 124 cm³/mol. The fraction of sp³-hybridized carbons (Fsp3) is 0.417. The normalized spacial score (nSPS) is 10.6. The molecule has 0 heterocycles. The molecule has 0 aliphatic heterocycles. The monoisotopic (exact) mass is 428 g/mol. The van der Waals surface area contributed by atoms with Crippen molar-refractivity contribution in [2.45, 2.75) is 62.2 Å². The van der Waals surface area contributed by atoms with E-state index in [1.807, 2.05) is 53.4 Å². The number of hydrogen-bond donors (Lipinski definition) is 2. The van der Waals surface area contributed by atoms with Crippen LogP contribution in [0.5, 0.6) is 0 Å². The number of hydrogen-bond acceptors (Lipinski definition) is 3. The Labute approximate surface area is 183 Å². The fourth-order valence-corrected chi connectivity index (χ4v) is 3.90.